The molecule has 0 aromatic heterocycles. The van der Waals surface area contributed by atoms with Crippen LogP contribution in [0.5, 0.6) is 0 Å². The maximum Gasteiger partial charge on any atom is 0.326 e. The molecular formula is C24H35N5O6S. The summed E-state index contributed by atoms with van der Waals surface area (Å²) in [5, 5.41) is 14.9. The van der Waals surface area contributed by atoms with Gasteiger partial charge in [0, 0.05) is 19.4 Å². The van der Waals surface area contributed by atoms with Gasteiger partial charge in [-0.05, 0) is 43.3 Å². The first-order valence-electron chi connectivity index (χ1n) is 11.8. The highest BCUT2D eigenvalue weighted by molar-refractivity contribution is 7.98. The van der Waals surface area contributed by atoms with Crippen LogP contribution < -0.4 is 22.1 Å². The Bertz CT molecular complexity index is 931. The standard InChI is InChI=1S/C24H35N5O6S/c1-36-13-11-17(27-21(31)16(25)9-10-20(26)30)22(32)28-18(14-15-6-3-2-4-7-15)23(33)29-12-5-8-19(29)24(34)35/h2-4,6-7,16-19H,5,8-14,25H2,1H3,(H2,26,30)(H,27,31)(H,28,32)(H,34,35). The zero-order chi connectivity index (χ0) is 26.7. The zero-order valence-corrected chi connectivity index (χ0v) is 21.2. The summed E-state index contributed by atoms with van der Waals surface area (Å²) >= 11 is 1.48. The molecule has 1 saturated heterocycles. The van der Waals surface area contributed by atoms with Crippen LogP contribution in [0.25, 0.3) is 0 Å². The number of likely N-dealkylation sites (tertiary alicyclic amines) is 1. The van der Waals surface area contributed by atoms with Crippen molar-refractivity contribution in [2.45, 2.75) is 62.7 Å². The number of amides is 4. The second-order valence-corrected chi connectivity index (χ2v) is 9.72. The maximum atomic E-state index is 13.4. The third kappa shape index (κ3) is 8.83. The van der Waals surface area contributed by atoms with Crippen LogP contribution >= 0.6 is 11.8 Å². The van der Waals surface area contributed by atoms with Crippen molar-refractivity contribution in [2.24, 2.45) is 11.5 Å². The fourth-order valence-electron chi connectivity index (χ4n) is 4.02. The highest BCUT2D eigenvalue weighted by Crippen LogP contribution is 2.20. The number of carboxylic acids is 1. The van der Waals surface area contributed by atoms with Crippen LogP contribution in [0.1, 0.15) is 37.7 Å². The molecule has 1 aromatic carbocycles. The lowest BCUT2D eigenvalue weighted by molar-refractivity contribution is -0.149. The quantitative estimate of drug-likeness (QED) is 0.219. The van der Waals surface area contributed by atoms with E-state index >= 15 is 0 Å². The van der Waals surface area contributed by atoms with Crippen molar-refractivity contribution >= 4 is 41.4 Å². The minimum Gasteiger partial charge on any atom is -0.480 e. The summed E-state index contributed by atoms with van der Waals surface area (Å²) in [5.41, 5.74) is 11.8. The Labute approximate surface area is 214 Å². The predicted molar refractivity (Wildman–Crippen MR) is 136 cm³/mol. The third-order valence-corrected chi connectivity index (χ3v) is 6.64. The number of aliphatic carboxylic acids is 1. The van der Waals surface area contributed by atoms with Gasteiger partial charge in [0.05, 0.1) is 6.04 Å². The lowest BCUT2D eigenvalue weighted by Crippen LogP contribution is -2.57. The van der Waals surface area contributed by atoms with E-state index in [2.05, 4.69) is 10.6 Å². The minimum absolute atomic E-state index is 0.0404. The van der Waals surface area contributed by atoms with Gasteiger partial charge in [-0.1, -0.05) is 30.3 Å². The monoisotopic (exact) mass is 521 g/mol. The van der Waals surface area contributed by atoms with E-state index in [0.717, 1.165) is 5.56 Å². The van der Waals surface area contributed by atoms with Crippen LogP contribution in [0.15, 0.2) is 30.3 Å². The summed E-state index contributed by atoms with van der Waals surface area (Å²) in [6.45, 7) is 0.290. The molecular weight excluding hydrogens is 486 g/mol. The number of rotatable bonds is 14. The Hall–Kier alpha value is -3.12. The first kappa shape index (κ1) is 29.1. The van der Waals surface area contributed by atoms with Gasteiger partial charge in [-0.25, -0.2) is 4.79 Å². The average molecular weight is 522 g/mol. The molecule has 36 heavy (non-hydrogen) atoms. The lowest BCUT2D eigenvalue weighted by atomic mass is 10.0. The molecule has 1 aliphatic heterocycles. The van der Waals surface area contributed by atoms with E-state index in [1.807, 2.05) is 36.6 Å². The van der Waals surface area contributed by atoms with Gasteiger partial charge in [-0.2, -0.15) is 11.8 Å². The van der Waals surface area contributed by atoms with Crippen molar-refractivity contribution in [3.63, 3.8) is 0 Å². The van der Waals surface area contributed by atoms with E-state index in [4.69, 9.17) is 11.5 Å². The van der Waals surface area contributed by atoms with Gasteiger partial charge in [-0.15, -0.1) is 0 Å². The molecule has 1 aromatic rings. The number of thioether (sulfide) groups is 1. The van der Waals surface area contributed by atoms with E-state index in [1.54, 1.807) is 0 Å². The van der Waals surface area contributed by atoms with E-state index in [9.17, 15) is 29.1 Å². The number of nitrogens with two attached hydrogens (primary N) is 2. The Morgan fingerprint density at radius 1 is 1.08 bits per heavy atom. The van der Waals surface area contributed by atoms with Gasteiger partial charge in [0.1, 0.15) is 18.1 Å². The molecule has 2 rings (SSSR count). The summed E-state index contributed by atoms with van der Waals surface area (Å²) in [4.78, 5) is 63.2. The summed E-state index contributed by atoms with van der Waals surface area (Å²) < 4.78 is 0. The normalized spacial score (nSPS) is 17.6. The highest BCUT2D eigenvalue weighted by Gasteiger charge is 2.38. The number of hydrogen-bond donors (Lipinski definition) is 5. The number of carboxylic acid groups (broad SMARTS) is 1. The van der Waals surface area contributed by atoms with Crippen molar-refractivity contribution in [3.8, 4) is 0 Å². The van der Waals surface area contributed by atoms with Crippen LogP contribution in [0, 0.1) is 0 Å². The number of nitrogens with zero attached hydrogens (tertiary/aromatic N) is 1. The molecule has 0 bridgehead atoms. The molecule has 4 atom stereocenters. The number of benzene rings is 1. The van der Waals surface area contributed by atoms with Crippen molar-refractivity contribution in [1.82, 2.24) is 15.5 Å². The zero-order valence-electron chi connectivity index (χ0n) is 20.4. The first-order valence-corrected chi connectivity index (χ1v) is 13.2. The first-order chi connectivity index (χ1) is 17.1. The number of nitrogens with one attached hydrogen (secondary N) is 2. The van der Waals surface area contributed by atoms with Crippen LogP contribution in [-0.2, 0) is 30.4 Å². The van der Waals surface area contributed by atoms with Crippen molar-refractivity contribution < 1.29 is 29.1 Å². The van der Waals surface area contributed by atoms with E-state index in [1.165, 1.54) is 16.7 Å². The predicted octanol–water partition coefficient (Wildman–Crippen LogP) is -0.380. The Morgan fingerprint density at radius 3 is 2.36 bits per heavy atom. The fourth-order valence-corrected chi connectivity index (χ4v) is 4.49. The van der Waals surface area contributed by atoms with Gasteiger partial charge < -0.3 is 32.1 Å². The topological polar surface area (TPSA) is 185 Å². The molecule has 12 heteroatoms. The van der Waals surface area contributed by atoms with Crippen molar-refractivity contribution in [2.75, 3.05) is 18.6 Å². The summed E-state index contributed by atoms with van der Waals surface area (Å²) in [6.07, 6.45) is 3.19. The van der Waals surface area contributed by atoms with Crippen molar-refractivity contribution in [3.05, 3.63) is 35.9 Å². The summed E-state index contributed by atoms with van der Waals surface area (Å²) in [7, 11) is 0. The molecule has 1 fully saturated rings. The van der Waals surface area contributed by atoms with E-state index < -0.39 is 53.8 Å². The molecule has 0 spiro atoms. The molecule has 4 amide bonds. The summed E-state index contributed by atoms with van der Waals surface area (Å²) in [6, 6.07) is 5.13. The lowest BCUT2D eigenvalue weighted by Gasteiger charge is -2.29. The van der Waals surface area contributed by atoms with Crippen LogP contribution in [0.2, 0.25) is 0 Å². The van der Waals surface area contributed by atoms with Gasteiger partial charge in [0.2, 0.25) is 23.6 Å². The smallest absolute Gasteiger partial charge is 0.326 e. The molecule has 4 unspecified atom stereocenters. The van der Waals surface area contributed by atoms with Gasteiger partial charge >= 0.3 is 5.97 Å². The second kappa shape index (κ2) is 14.4. The van der Waals surface area contributed by atoms with Crippen molar-refractivity contribution in [1.29, 1.82) is 0 Å². The number of primary amides is 1. The second-order valence-electron chi connectivity index (χ2n) is 8.73. The van der Waals surface area contributed by atoms with E-state index in [0.29, 0.717) is 18.6 Å². The van der Waals surface area contributed by atoms with Crippen LogP contribution in [0.3, 0.4) is 0 Å². The van der Waals surface area contributed by atoms with Gasteiger partial charge in [-0.3, -0.25) is 19.2 Å². The number of carbonyl (C=O) groups excluding carboxylic acids is 4. The minimum atomic E-state index is -1.08. The van der Waals surface area contributed by atoms with Crippen LogP contribution in [-0.4, -0.2) is 82.3 Å². The molecule has 1 heterocycles. The number of hydrogen-bond acceptors (Lipinski definition) is 7. The molecule has 0 saturated carbocycles. The molecule has 0 aliphatic carbocycles. The van der Waals surface area contributed by atoms with E-state index in [-0.39, 0.29) is 32.2 Å². The largest absolute Gasteiger partial charge is 0.480 e. The Balaban J connectivity index is 2.20. The third-order valence-electron chi connectivity index (χ3n) is 6.00. The Morgan fingerprint density at radius 2 is 1.75 bits per heavy atom. The summed E-state index contributed by atoms with van der Waals surface area (Å²) in [5.74, 6) is -2.77. The fraction of sp³-hybridized carbons (Fsp3) is 0.542. The Kier molecular flexibility index (Phi) is 11.7. The van der Waals surface area contributed by atoms with Crippen LogP contribution in [0.4, 0.5) is 0 Å². The van der Waals surface area contributed by atoms with Gasteiger partial charge in [0.25, 0.3) is 0 Å². The SMILES string of the molecule is CSCCC(NC(=O)C(N)CCC(N)=O)C(=O)NC(Cc1ccccc1)C(=O)N1CCCC1C(=O)O. The molecule has 1 aliphatic rings. The highest BCUT2D eigenvalue weighted by atomic mass is 32.2. The molecule has 0 radical (unpaired) electrons. The average Bonchev–Trinajstić information content (AvgIpc) is 3.35. The molecule has 7 N–H and O–H groups in total. The number of carbonyl (C=O) groups is 5. The maximum absolute atomic E-state index is 13.4. The molecule has 198 valence electrons. The van der Waals surface area contributed by atoms with Gasteiger partial charge in [0.15, 0.2) is 0 Å². The molecule has 11 nitrogen and oxygen atoms in total.